The number of hydrogen-bond acceptors (Lipinski definition) is 3. The molecule has 1 aromatic rings. The lowest BCUT2D eigenvalue weighted by Crippen LogP contribution is -2.40. The van der Waals surface area contributed by atoms with E-state index in [0.29, 0.717) is 10.7 Å². The third-order valence-corrected chi connectivity index (χ3v) is 2.20. The van der Waals surface area contributed by atoms with Gasteiger partial charge >= 0.3 is 0 Å². The van der Waals surface area contributed by atoms with E-state index in [4.69, 9.17) is 22.4 Å². The second-order valence-corrected chi connectivity index (χ2v) is 3.72. The first-order chi connectivity index (χ1) is 7.41. The van der Waals surface area contributed by atoms with Gasteiger partial charge in [-0.05, 0) is 6.07 Å². The molecule has 0 fully saturated rings. The van der Waals surface area contributed by atoms with Crippen LogP contribution in [0.25, 0.3) is 0 Å². The number of aliphatic hydroxyl groups is 1. The largest absolute Gasteiger partial charge is 0.381 e. The van der Waals surface area contributed by atoms with Crippen LogP contribution in [-0.2, 0) is 11.8 Å². The van der Waals surface area contributed by atoms with Crippen LogP contribution in [-0.4, -0.2) is 34.1 Å². The maximum absolute atomic E-state index is 11.6. The number of carbonyl (C=O) groups is 2. The van der Waals surface area contributed by atoms with Crippen molar-refractivity contribution in [3.8, 4) is 0 Å². The second-order valence-electron chi connectivity index (χ2n) is 3.28. The predicted molar refractivity (Wildman–Crippen MR) is 58.0 cm³/mol. The number of aromatic nitrogens is 1. The van der Waals surface area contributed by atoms with Crippen molar-refractivity contribution >= 4 is 23.4 Å². The highest BCUT2D eigenvalue weighted by Crippen LogP contribution is 2.12. The fourth-order valence-electron chi connectivity index (χ4n) is 1.13. The third kappa shape index (κ3) is 2.98. The number of aryl methyl sites for hydroxylation is 1. The van der Waals surface area contributed by atoms with Crippen LogP contribution in [0.1, 0.15) is 10.5 Å². The zero-order valence-electron chi connectivity index (χ0n) is 8.61. The molecular weight excluding hydrogens is 234 g/mol. The number of nitrogens with one attached hydrogen (secondary N) is 1. The molecule has 0 aliphatic carbocycles. The molecule has 0 aliphatic heterocycles. The summed E-state index contributed by atoms with van der Waals surface area (Å²) in [5, 5.41) is 11.9. The number of carbonyl (C=O) groups excluding carboxylic acids is 2. The summed E-state index contributed by atoms with van der Waals surface area (Å²) in [6.45, 7) is -0.225. The third-order valence-electron chi connectivity index (χ3n) is 1.99. The van der Waals surface area contributed by atoms with E-state index in [1.807, 2.05) is 0 Å². The van der Waals surface area contributed by atoms with Gasteiger partial charge in [0.25, 0.3) is 5.91 Å². The molecule has 0 spiro atoms. The Bertz CT molecular complexity index is 416. The highest BCUT2D eigenvalue weighted by molar-refractivity contribution is 6.31. The summed E-state index contributed by atoms with van der Waals surface area (Å²) in [5.41, 5.74) is 5.16. The minimum Gasteiger partial charge on any atom is -0.381 e. The molecule has 0 bridgehead atoms. The maximum Gasteiger partial charge on any atom is 0.268 e. The lowest BCUT2D eigenvalue weighted by atomic mass is 10.3. The molecular formula is C9H12ClN3O3. The number of halogens is 1. The number of nitrogens with two attached hydrogens (primary N) is 1. The maximum atomic E-state index is 11.6. The number of amides is 2. The molecule has 16 heavy (non-hydrogen) atoms. The molecule has 2 amide bonds. The topological polar surface area (TPSA) is 97.3 Å². The zero-order valence-corrected chi connectivity index (χ0v) is 9.36. The summed E-state index contributed by atoms with van der Waals surface area (Å²) in [5.74, 6) is -1.32. The van der Waals surface area contributed by atoms with Crippen molar-refractivity contribution in [2.24, 2.45) is 12.8 Å². The van der Waals surface area contributed by atoms with Crippen molar-refractivity contribution in [3.05, 3.63) is 23.0 Å². The molecule has 1 heterocycles. The van der Waals surface area contributed by atoms with Gasteiger partial charge in [0.15, 0.2) is 0 Å². The number of nitrogens with zero attached hydrogens (tertiary/aromatic N) is 1. The summed E-state index contributed by atoms with van der Waals surface area (Å²) < 4.78 is 1.54. The van der Waals surface area contributed by atoms with E-state index in [1.54, 1.807) is 13.2 Å². The quantitative estimate of drug-likeness (QED) is 0.651. The molecule has 88 valence electrons. The Kier molecular flexibility index (Phi) is 3.92. The first kappa shape index (κ1) is 12.5. The van der Waals surface area contributed by atoms with Crippen molar-refractivity contribution in [3.63, 3.8) is 0 Å². The van der Waals surface area contributed by atoms with Crippen LogP contribution < -0.4 is 11.1 Å². The van der Waals surface area contributed by atoms with Crippen molar-refractivity contribution in [1.82, 2.24) is 9.88 Å². The molecule has 0 saturated heterocycles. The molecule has 0 saturated carbocycles. The number of primary amides is 1. The van der Waals surface area contributed by atoms with E-state index in [2.05, 4.69) is 5.32 Å². The predicted octanol–water partition coefficient (Wildman–Crippen LogP) is -0.746. The Morgan fingerprint density at radius 1 is 1.69 bits per heavy atom. The number of hydrogen-bond donors (Lipinski definition) is 3. The van der Waals surface area contributed by atoms with Crippen LogP contribution in [0.2, 0.25) is 5.02 Å². The average molecular weight is 246 g/mol. The van der Waals surface area contributed by atoms with Gasteiger partial charge in [-0.3, -0.25) is 9.59 Å². The van der Waals surface area contributed by atoms with Gasteiger partial charge in [0, 0.05) is 13.2 Å². The second kappa shape index (κ2) is 5.00. The SMILES string of the molecule is Cn1cc(Cl)cc1C(=O)NCC(O)C(N)=O. The van der Waals surface area contributed by atoms with Gasteiger partial charge in [0.05, 0.1) is 11.6 Å². The number of rotatable bonds is 4. The van der Waals surface area contributed by atoms with Crippen LogP contribution in [0.4, 0.5) is 0 Å². The van der Waals surface area contributed by atoms with Gasteiger partial charge in [-0.2, -0.15) is 0 Å². The van der Waals surface area contributed by atoms with E-state index < -0.39 is 17.9 Å². The van der Waals surface area contributed by atoms with Crippen LogP contribution in [0.15, 0.2) is 12.3 Å². The standard InChI is InChI=1S/C9H12ClN3O3/c1-13-4-5(10)2-6(13)9(16)12-3-7(14)8(11)15/h2,4,7,14H,3H2,1H3,(H2,11,15)(H,12,16). The van der Waals surface area contributed by atoms with Gasteiger partial charge in [-0.1, -0.05) is 11.6 Å². The Balaban J connectivity index is 2.60. The van der Waals surface area contributed by atoms with E-state index >= 15 is 0 Å². The normalized spacial score (nSPS) is 12.2. The first-order valence-corrected chi connectivity index (χ1v) is 4.87. The summed E-state index contributed by atoms with van der Waals surface area (Å²) in [6, 6.07) is 1.48. The van der Waals surface area contributed by atoms with Crippen LogP contribution >= 0.6 is 11.6 Å². The molecule has 4 N–H and O–H groups in total. The fraction of sp³-hybridized carbons (Fsp3) is 0.333. The Labute approximate surface area is 97.0 Å². The first-order valence-electron chi connectivity index (χ1n) is 4.49. The highest BCUT2D eigenvalue weighted by Gasteiger charge is 2.15. The van der Waals surface area contributed by atoms with Gasteiger partial charge in [0.1, 0.15) is 11.8 Å². The van der Waals surface area contributed by atoms with Gasteiger partial charge in [0.2, 0.25) is 5.91 Å². The van der Waals surface area contributed by atoms with Crippen LogP contribution in [0, 0.1) is 0 Å². The molecule has 0 radical (unpaired) electrons. The van der Waals surface area contributed by atoms with Gasteiger partial charge < -0.3 is 20.7 Å². The van der Waals surface area contributed by atoms with Crippen molar-refractivity contribution in [1.29, 1.82) is 0 Å². The molecule has 7 heteroatoms. The molecule has 1 unspecified atom stereocenters. The summed E-state index contributed by atoms with van der Waals surface area (Å²) in [4.78, 5) is 22.1. The molecule has 1 atom stereocenters. The molecule has 1 aromatic heterocycles. The van der Waals surface area contributed by atoms with Crippen molar-refractivity contribution in [2.45, 2.75) is 6.10 Å². The molecule has 6 nitrogen and oxygen atoms in total. The molecule has 0 aromatic carbocycles. The van der Waals surface area contributed by atoms with Crippen LogP contribution in [0.5, 0.6) is 0 Å². The zero-order chi connectivity index (χ0) is 12.3. The van der Waals surface area contributed by atoms with E-state index in [0.717, 1.165) is 0 Å². The van der Waals surface area contributed by atoms with Crippen molar-refractivity contribution in [2.75, 3.05) is 6.54 Å². The fourth-order valence-corrected chi connectivity index (χ4v) is 1.38. The minimum absolute atomic E-state index is 0.225. The Morgan fingerprint density at radius 2 is 2.31 bits per heavy atom. The summed E-state index contributed by atoms with van der Waals surface area (Å²) in [7, 11) is 1.66. The molecule has 0 aliphatic rings. The Morgan fingerprint density at radius 3 is 2.75 bits per heavy atom. The van der Waals surface area contributed by atoms with Gasteiger partial charge in [-0.25, -0.2) is 0 Å². The van der Waals surface area contributed by atoms with E-state index in [9.17, 15) is 9.59 Å². The lowest BCUT2D eigenvalue weighted by molar-refractivity contribution is -0.125. The van der Waals surface area contributed by atoms with Crippen molar-refractivity contribution < 1.29 is 14.7 Å². The van der Waals surface area contributed by atoms with E-state index in [-0.39, 0.29) is 6.54 Å². The summed E-state index contributed by atoms with van der Waals surface area (Å²) in [6.07, 6.45) is 0.181. The smallest absolute Gasteiger partial charge is 0.268 e. The minimum atomic E-state index is -1.39. The lowest BCUT2D eigenvalue weighted by Gasteiger charge is -2.08. The summed E-state index contributed by atoms with van der Waals surface area (Å²) >= 11 is 5.70. The van der Waals surface area contributed by atoms with Gasteiger partial charge in [-0.15, -0.1) is 0 Å². The Hall–Kier alpha value is -1.53. The van der Waals surface area contributed by atoms with Crippen LogP contribution in [0.3, 0.4) is 0 Å². The number of aliphatic hydroxyl groups excluding tert-OH is 1. The highest BCUT2D eigenvalue weighted by atomic mass is 35.5. The molecule has 1 rings (SSSR count). The average Bonchev–Trinajstić information content (AvgIpc) is 2.53. The monoisotopic (exact) mass is 245 g/mol. The van der Waals surface area contributed by atoms with E-state index in [1.165, 1.54) is 10.6 Å².